The summed E-state index contributed by atoms with van der Waals surface area (Å²) in [6.45, 7) is 0.806. The lowest BCUT2D eigenvalue weighted by Gasteiger charge is -2.03. The van der Waals surface area contributed by atoms with Gasteiger partial charge in [0.05, 0.1) is 0 Å². The fraction of sp³-hybridized carbons (Fsp3) is 0.429. The lowest BCUT2D eigenvalue weighted by Crippen LogP contribution is -2.07. The molecule has 0 radical (unpaired) electrons. The van der Waals surface area contributed by atoms with Gasteiger partial charge >= 0.3 is 0 Å². The summed E-state index contributed by atoms with van der Waals surface area (Å²) in [6.07, 6.45) is 4.47. The Morgan fingerprint density at radius 3 is 2.79 bits per heavy atom. The molecule has 2 aromatic rings. The van der Waals surface area contributed by atoms with Crippen molar-refractivity contribution < 1.29 is 0 Å². The van der Waals surface area contributed by atoms with Gasteiger partial charge in [-0.05, 0) is 31.2 Å². The first-order valence-corrected chi connectivity index (χ1v) is 6.82. The highest BCUT2D eigenvalue weighted by atomic mass is 15.4. The number of hydrogen-bond donors (Lipinski definition) is 2. The number of aromatic nitrogens is 3. The second-order valence-electron chi connectivity index (χ2n) is 5.02. The maximum absolute atomic E-state index is 5.87. The van der Waals surface area contributed by atoms with E-state index in [1.165, 1.54) is 18.4 Å². The highest BCUT2D eigenvalue weighted by Crippen LogP contribution is 2.23. The number of nitrogens with two attached hydrogens (primary N) is 1. The van der Waals surface area contributed by atoms with Crippen LogP contribution in [0, 0.1) is 0 Å². The van der Waals surface area contributed by atoms with Crippen LogP contribution in [0.2, 0.25) is 0 Å². The van der Waals surface area contributed by atoms with Crippen LogP contribution < -0.4 is 11.1 Å². The van der Waals surface area contributed by atoms with E-state index in [0.29, 0.717) is 17.9 Å². The Morgan fingerprint density at radius 2 is 2.05 bits per heavy atom. The van der Waals surface area contributed by atoms with Gasteiger partial charge in [0.15, 0.2) is 0 Å². The van der Waals surface area contributed by atoms with Crippen molar-refractivity contribution in [3.8, 4) is 0 Å². The van der Waals surface area contributed by atoms with E-state index >= 15 is 0 Å². The van der Waals surface area contributed by atoms with E-state index in [1.54, 1.807) is 4.68 Å². The van der Waals surface area contributed by atoms with Gasteiger partial charge < -0.3 is 11.1 Å². The SMILES string of the molecule is Nc1nc(NC2CC2)nn1CCCc1ccccc1. The summed E-state index contributed by atoms with van der Waals surface area (Å²) in [7, 11) is 0. The Kier molecular flexibility index (Phi) is 3.35. The second kappa shape index (κ2) is 5.30. The van der Waals surface area contributed by atoms with Gasteiger partial charge in [-0.2, -0.15) is 4.98 Å². The molecule has 1 heterocycles. The molecule has 1 saturated carbocycles. The molecular weight excluding hydrogens is 238 g/mol. The van der Waals surface area contributed by atoms with Gasteiger partial charge in [-0.3, -0.25) is 0 Å². The summed E-state index contributed by atoms with van der Waals surface area (Å²) < 4.78 is 1.79. The van der Waals surface area contributed by atoms with Gasteiger partial charge in [0, 0.05) is 12.6 Å². The minimum absolute atomic E-state index is 0.496. The quantitative estimate of drug-likeness (QED) is 0.831. The van der Waals surface area contributed by atoms with Crippen molar-refractivity contribution in [2.45, 2.75) is 38.3 Å². The summed E-state index contributed by atoms with van der Waals surface area (Å²) in [5, 5.41) is 7.65. The van der Waals surface area contributed by atoms with E-state index < -0.39 is 0 Å². The molecule has 19 heavy (non-hydrogen) atoms. The Hall–Kier alpha value is -2.04. The molecule has 5 heteroatoms. The van der Waals surface area contributed by atoms with E-state index in [0.717, 1.165) is 19.4 Å². The maximum atomic E-state index is 5.87. The third-order valence-corrected chi connectivity index (χ3v) is 3.29. The fourth-order valence-electron chi connectivity index (χ4n) is 2.07. The maximum Gasteiger partial charge on any atom is 0.244 e. The van der Waals surface area contributed by atoms with Crippen LogP contribution in [0.5, 0.6) is 0 Å². The van der Waals surface area contributed by atoms with Gasteiger partial charge in [0.25, 0.3) is 0 Å². The van der Waals surface area contributed by atoms with E-state index in [1.807, 2.05) is 6.07 Å². The lowest BCUT2D eigenvalue weighted by molar-refractivity contribution is 0.586. The molecule has 0 spiro atoms. The second-order valence-corrected chi connectivity index (χ2v) is 5.02. The smallest absolute Gasteiger partial charge is 0.244 e. The van der Waals surface area contributed by atoms with Crippen molar-refractivity contribution in [3.05, 3.63) is 35.9 Å². The zero-order chi connectivity index (χ0) is 13.1. The normalized spacial score (nSPS) is 14.5. The predicted molar refractivity (Wildman–Crippen MR) is 75.8 cm³/mol. The topological polar surface area (TPSA) is 68.8 Å². The van der Waals surface area contributed by atoms with Crippen molar-refractivity contribution in [3.63, 3.8) is 0 Å². The third-order valence-electron chi connectivity index (χ3n) is 3.29. The third kappa shape index (κ3) is 3.24. The highest BCUT2D eigenvalue weighted by Gasteiger charge is 2.22. The van der Waals surface area contributed by atoms with Gasteiger partial charge in [-0.25, -0.2) is 4.68 Å². The van der Waals surface area contributed by atoms with Crippen LogP contribution in [0.4, 0.5) is 11.9 Å². The summed E-state index contributed by atoms with van der Waals surface area (Å²) in [6, 6.07) is 11.0. The summed E-state index contributed by atoms with van der Waals surface area (Å²) in [5.74, 6) is 1.16. The van der Waals surface area contributed by atoms with Crippen LogP contribution in [0.1, 0.15) is 24.8 Å². The van der Waals surface area contributed by atoms with Crippen molar-refractivity contribution in [2.24, 2.45) is 0 Å². The zero-order valence-corrected chi connectivity index (χ0v) is 10.9. The van der Waals surface area contributed by atoms with Crippen LogP contribution in [0.25, 0.3) is 0 Å². The minimum atomic E-state index is 0.496. The van der Waals surface area contributed by atoms with Crippen molar-refractivity contribution in [2.75, 3.05) is 11.1 Å². The van der Waals surface area contributed by atoms with E-state index in [2.05, 4.69) is 39.7 Å². The number of benzene rings is 1. The van der Waals surface area contributed by atoms with Crippen molar-refractivity contribution in [1.29, 1.82) is 0 Å². The zero-order valence-electron chi connectivity index (χ0n) is 10.9. The van der Waals surface area contributed by atoms with Gasteiger partial charge in [-0.15, -0.1) is 5.10 Å². The molecule has 1 aliphatic rings. The summed E-state index contributed by atoms with van der Waals surface area (Å²) in [5.41, 5.74) is 7.21. The molecule has 0 unspecified atom stereocenters. The highest BCUT2D eigenvalue weighted by molar-refractivity contribution is 5.33. The fourth-order valence-corrected chi connectivity index (χ4v) is 2.07. The Labute approximate surface area is 112 Å². The van der Waals surface area contributed by atoms with Crippen molar-refractivity contribution in [1.82, 2.24) is 14.8 Å². The Balaban J connectivity index is 1.53. The minimum Gasteiger partial charge on any atom is -0.368 e. The molecule has 3 N–H and O–H groups in total. The monoisotopic (exact) mass is 257 g/mol. The standard InChI is InChI=1S/C14H19N5/c15-13-17-14(16-12-8-9-12)18-19(13)10-4-7-11-5-2-1-3-6-11/h1-3,5-6,12H,4,7-10H2,(H3,15,16,17,18). The molecule has 1 aliphatic carbocycles. The number of hydrogen-bond acceptors (Lipinski definition) is 4. The Bertz CT molecular complexity index is 530. The Morgan fingerprint density at radius 1 is 1.26 bits per heavy atom. The molecule has 1 aromatic carbocycles. The van der Waals surface area contributed by atoms with E-state index in [4.69, 9.17) is 5.73 Å². The van der Waals surface area contributed by atoms with Crippen LogP contribution in [-0.2, 0) is 13.0 Å². The summed E-state index contributed by atoms with van der Waals surface area (Å²) >= 11 is 0. The van der Waals surface area contributed by atoms with Gasteiger partial charge in [0.1, 0.15) is 0 Å². The van der Waals surface area contributed by atoms with Gasteiger partial charge in [0.2, 0.25) is 11.9 Å². The average Bonchev–Trinajstić information content (AvgIpc) is 3.16. The number of nitrogens with zero attached hydrogens (tertiary/aromatic N) is 3. The number of rotatable bonds is 6. The first-order valence-electron chi connectivity index (χ1n) is 6.82. The molecule has 0 aliphatic heterocycles. The number of nitrogens with one attached hydrogen (secondary N) is 1. The average molecular weight is 257 g/mol. The number of aryl methyl sites for hydroxylation is 2. The van der Waals surface area contributed by atoms with Crippen molar-refractivity contribution >= 4 is 11.9 Å². The largest absolute Gasteiger partial charge is 0.368 e. The predicted octanol–water partition coefficient (Wildman–Crippen LogP) is 2.07. The number of nitrogen functional groups attached to an aromatic ring is 1. The van der Waals surface area contributed by atoms with E-state index in [-0.39, 0.29) is 0 Å². The molecule has 0 atom stereocenters. The molecular formula is C14H19N5. The molecule has 0 bridgehead atoms. The first kappa shape index (κ1) is 12.0. The molecule has 100 valence electrons. The molecule has 0 amide bonds. The van der Waals surface area contributed by atoms with Crippen LogP contribution in [-0.4, -0.2) is 20.8 Å². The van der Waals surface area contributed by atoms with Crippen LogP contribution in [0.3, 0.4) is 0 Å². The molecule has 3 rings (SSSR count). The summed E-state index contributed by atoms with van der Waals surface area (Å²) in [4.78, 5) is 4.23. The van der Waals surface area contributed by atoms with Crippen LogP contribution in [0.15, 0.2) is 30.3 Å². The molecule has 1 fully saturated rings. The van der Waals surface area contributed by atoms with E-state index in [9.17, 15) is 0 Å². The van der Waals surface area contributed by atoms with Gasteiger partial charge in [-0.1, -0.05) is 30.3 Å². The first-order chi connectivity index (χ1) is 9.31. The molecule has 5 nitrogen and oxygen atoms in total. The lowest BCUT2D eigenvalue weighted by atomic mass is 10.1. The number of anilines is 2. The molecule has 0 saturated heterocycles. The molecule has 1 aromatic heterocycles. The van der Waals surface area contributed by atoms with Crippen LogP contribution >= 0.6 is 0 Å².